The Morgan fingerprint density at radius 2 is 2.13 bits per heavy atom. The molecule has 0 unspecified atom stereocenters. The van der Waals surface area contributed by atoms with Gasteiger partial charge in [-0.2, -0.15) is 0 Å². The van der Waals surface area contributed by atoms with Gasteiger partial charge in [-0.15, -0.1) is 0 Å². The normalized spacial score (nSPS) is 10.6. The molecule has 0 saturated carbocycles. The van der Waals surface area contributed by atoms with Crippen molar-refractivity contribution in [2.75, 3.05) is 7.11 Å². The van der Waals surface area contributed by atoms with Crippen LogP contribution in [0.3, 0.4) is 0 Å². The highest BCUT2D eigenvalue weighted by atomic mass is 79.9. The summed E-state index contributed by atoms with van der Waals surface area (Å²) in [7, 11) is 1.56. The van der Waals surface area contributed by atoms with Crippen LogP contribution in [0.2, 0.25) is 0 Å². The smallest absolute Gasteiger partial charge is 0.259 e. The minimum absolute atomic E-state index is 0.125. The van der Waals surface area contributed by atoms with E-state index in [1.165, 1.54) is 0 Å². The summed E-state index contributed by atoms with van der Waals surface area (Å²) in [6.45, 7) is 1.95. The van der Waals surface area contributed by atoms with Crippen LogP contribution >= 0.6 is 15.9 Å². The molecule has 4 heteroatoms. The zero-order valence-corrected chi connectivity index (χ0v) is 10.0. The molecule has 3 nitrogen and oxygen atoms in total. The molecule has 0 bridgehead atoms. The molecule has 0 aliphatic rings. The van der Waals surface area contributed by atoms with Gasteiger partial charge in [0.05, 0.1) is 12.5 Å². The number of aromatic amines is 1. The number of pyridine rings is 1. The average Bonchev–Trinajstić information content (AvgIpc) is 2.22. The Hall–Kier alpha value is -1.29. The minimum Gasteiger partial charge on any atom is -0.496 e. The third-order valence-electron chi connectivity index (χ3n) is 2.36. The molecule has 15 heavy (non-hydrogen) atoms. The highest BCUT2D eigenvalue weighted by Gasteiger charge is 2.09. The molecule has 2 aromatic rings. The van der Waals surface area contributed by atoms with E-state index >= 15 is 0 Å². The summed E-state index contributed by atoms with van der Waals surface area (Å²) < 4.78 is 6.10. The van der Waals surface area contributed by atoms with Crippen LogP contribution in [-0.2, 0) is 0 Å². The molecular weight excluding hydrogens is 258 g/mol. The van der Waals surface area contributed by atoms with Gasteiger partial charge in [0.15, 0.2) is 0 Å². The van der Waals surface area contributed by atoms with Crippen molar-refractivity contribution in [3.05, 3.63) is 38.7 Å². The van der Waals surface area contributed by atoms with E-state index in [-0.39, 0.29) is 5.56 Å². The second-order valence-electron chi connectivity index (χ2n) is 3.33. The molecule has 1 aromatic carbocycles. The number of rotatable bonds is 1. The topological polar surface area (TPSA) is 42.1 Å². The van der Waals surface area contributed by atoms with Gasteiger partial charge < -0.3 is 9.72 Å². The van der Waals surface area contributed by atoms with Gasteiger partial charge in [-0.1, -0.05) is 15.9 Å². The molecule has 0 aliphatic carbocycles. The predicted molar refractivity (Wildman–Crippen MR) is 63.6 cm³/mol. The number of ether oxygens (including phenoxy) is 1. The maximum atomic E-state index is 11.7. The van der Waals surface area contributed by atoms with Crippen molar-refractivity contribution >= 4 is 26.7 Å². The number of aryl methyl sites for hydroxylation is 1. The lowest BCUT2D eigenvalue weighted by atomic mass is 10.1. The molecule has 1 N–H and O–H groups in total. The summed E-state index contributed by atoms with van der Waals surface area (Å²) in [6.07, 6.45) is 1.70. The van der Waals surface area contributed by atoms with Crippen LogP contribution < -0.4 is 10.3 Å². The number of benzene rings is 1. The number of fused-ring (bicyclic) bond motifs is 1. The largest absolute Gasteiger partial charge is 0.496 e. The molecule has 1 aromatic heterocycles. The molecule has 0 atom stereocenters. The van der Waals surface area contributed by atoms with Crippen molar-refractivity contribution in [1.82, 2.24) is 4.98 Å². The standard InChI is InChI=1S/C11H10BrNO2/c1-6-5-13-11(14)10-8(6)3-7(12)4-9(10)15-2/h3-5H,1-2H3,(H,13,14). The zero-order valence-electron chi connectivity index (χ0n) is 8.43. The first-order valence-corrected chi connectivity index (χ1v) is 5.28. The molecule has 2 rings (SSSR count). The van der Waals surface area contributed by atoms with Crippen molar-refractivity contribution < 1.29 is 4.74 Å². The Kier molecular flexibility index (Phi) is 2.52. The van der Waals surface area contributed by atoms with Gasteiger partial charge in [-0.3, -0.25) is 4.79 Å². The molecule has 0 amide bonds. The number of H-pyrrole nitrogens is 1. The van der Waals surface area contributed by atoms with Crippen LogP contribution in [0, 0.1) is 6.92 Å². The third kappa shape index (κ3) is 1.65. The van der Waals surface area contributed by atoms with Crippen LogP contribution in [-0.4, -0.2) is 12.1 Å². The van der Waals surface area contributed by atoms with Crippen LogP contribution in [0.4, 0.5) is 0 Å². The highest BCUT2D eigenvalue weighted by Crippen LogP contribution is 2.28. The van der Waals surface area contributed by atoms with Crippen molar-refractivity contribution in [3.63, 3.8) is 0 Å². The monoisotopic (exact) mass is 267 g/mol. The summed E-state index contributed by atoms with van der Waals surface area (Å²) in [6, 6.07) is 3.71. The van der Waals surface area contributed by atoms with E-state index < -0.39 is 0 Å². The lowest BCUT2D eigenvalue weighted by Gasteiger charge is -2.07. The number of methoxy groups -OCH3 is 1. The Bertz CT molecular complexity index is 575. The maximum absolute atomic E-state index is 11.7. The van der Waals surface area contributed by atoms with Crippen molar-refractivity contribution in [2.24, 2.45) is 0 Å². The lowest BCUT2D eigenvalue weighted by Crippen LogP contribution is -2.07. The first-order chi connectivity index (χ1) is 7.13. The van der Waals surface area contributed by atoms with E-state index in [0.717, 1.165) is 15.4 Å². The SMILES string of the molecule is COc1cc(Br)cc2c(C)c[nH]c(=O)c12. The van der Waals surface area contributed by atoms with E-state index in [4.69, 9.17) is 4.74 Å². The van der Waals surface area contributed by atoms with Gasteiger partial charge in [0.2, 0.25) is 0 Å². The van der Waals surface area contributed by atoms with Crippen LogP contribution in [0.1, 0.15) is 5.56 Å². The Morgan fingerprint density at radius 3 is 2.80 bits per heavy atom. The minimum atomic E-state index is -0.125. The maximum Gasteiger partial charge on any atom is 0.259 e. The Labute approximate surface area is 95.2 Å². The Balaban J connectivity index is 3.02. The number of nitrogens with one attached hydrogen (secondary N) is 1. The second-order valence-corrected chi connectivity index (χ2v) is 4.25. The summed E-state index contributed by atoms with van der Waals surface area (Å²) >= 11 is 3.39. The first kappa shape index (κ1) is 10.2. The number of hydrogen-bond donors (Lipinski definition) is 1. The summed E-state index contributed by atoms with van der Waals surface area (Å²) in [5.74, 6) is 0.587. The Morgan fingerprint density at radius 1 is 1.40 bits per heavy atom. The summed E-state index contributed by atoms with van der Waals surface area (Å²) in [4.78, 5) is 14.4. The highest BCUT2D eigenvalue weighted by molar-refractivity contribution is 9.10. The van der Waals surface area contributed by atoms with E-state index in [2.05, 4.69) is 20.9 Å². The molecule has 0 fully saturated rings. The van der Waals surface area contributed by atoms with Crippen molar-refractivity contribution in [1.29, 1.82) is 0 Å². The van der Waals surface area contributed by atoms with Crippen LogP contribution in [0.15, 0.2) is 27.6 Å². The molecular formula is C11H10BrNO2. The fraction of sp³-hybridized carbons (Fsp3) is 0.182. The quantitative estimate of drug-likeness (QED) is 0.863. The fourth-order valence-corrected chi connectivity index (χ4v) is 2.05. The second kappa shape index (κ2) is 3.70. The van der Waals surface area contributed by atoms with Gasteiger partial charge in [-0.05, 0) is 30.0 Å². The van der Waals surface area contributed by atoms with E-state index in [9.17, 15) is 4.79 Å². The van der Waals surface area contributed by atoms with Gasteiger partial charge in [-0.25, -0.2) is 0 Å². The predicted octanol–water partition coefficient (Wildman–Crippen LogP) is 2.61. The van der Waals surface area contributed by atoms with E-state index in [1.54, 1.807) is 19.4 Å². The number of aromatic nitrogens is 1. The molecule has 1 heterocycles. The molecule has 0 radical (unpaired) electrons. The third-order valence-corrected chi connectivity index (χ3v) is 2.82. The van der Waals surface area contributed by atoms with Gasteiger partial charge in [0, 0.05) is 10.7 Å². The van der Waals surface area contributed by atoms with Gasteiger partial charge in [0.25, 0.3) is 5.56 Å². The zero-order chi connectivity index (χ0) is 11.0. The number of hydrogen-bond acceptors (Lipinski definition) is 2. The average molecular weight is 268 g/mol. The molecule has 0 saturated heterocycles. The van der Waals surface area contributed by atoms with Crippen molar-refractivity contribution in [3.8, 4) is 5.75 Å². The molecule has 0 spiro atoms. The number of halogens is 1. The first-order valence-electron chi connectivity index (χ1n) is 4.49. The van der Waals surface area contributed by atoms with Crippen LogP contribution in [0.25, 0.3) is 10.8 Å². The molecule has 78 valence electrons. The fourth-order valence-electron chi connectivity index (χ4n) is 1.61. The lowest BCUT2D eigenvalue weighted by molar-refractivity contribution is 0.419. The van der Waals surface area contributed by atoms with Gasteiger partial charge in [0.1, 0.15) is 5.75 Å². The van der Waals surface area contributed by atoms with E-state index in [1.807, 2.05) is 13.0 Å². The van der Waals surface area contributed by atoms with Crippen LogP contribution in [0.5, 0.6) is 5.75 Å². The summed E-state index contributed by atoms with van der Waals surface area (Å²) in [5.41, 5.74) is 0.893. The van der Waals surface area contributed by atoms with Gasteiger partial charge >= 0.3 is 0 Å². The molecule has 0 aliphatic heterocycles. The van der Waals surface area contributed by atoms with E-state index in [0.29, 0.717) is 11.1 Å². The summed E-state index contributed by atoms with van der Waals surface area (Å²) in [5, 5.41) is 1.51. The van der Waals surface area contributed by atoms with Crippen molar-refractivity contribution in [2.45, 2.75) is 6.92 Å².